The van der Waals surface area contributed by atoms with Crippen LogP contribution in [0.3, 0.4) is 0 Å². The third kappa shape index (κ3) is 6.25. The normalized spacial score (nSPS) is 17.3. The molecule has 0 unspecified atom stereocenters. The molecule has 9 heteroatoms. The van der Waals surface area contributed by atoms with Crippen LogP contribution in [0.25, 0.3) is 28.2 Å². The number of aliphatic carboxylic acids is 1. The number of hydrogen-bond donors (Lipinski definition) is 3. The van der Waals surface area contributed by atoms with Crippen LogP contribution < -0.4 is 20.1 Å². The second-order valence-electron chi connectivity index (χ2n) is 13.8. The smallest absolute Gasteiger partial charge is 0.331 e. The molecule has 2 saturated carbocycles. The molecule has 1 aromatic heterocycles. The lowest BCUT2D eigenvalue weighted by Gasteiger charge is -2.30. The van der Waals surface area contributed by atoms with Crippen molar-refractivity contribution in [3.63, 3.8) is 0 Å². The van der Waals surface area contributed by atoms with E-state index in [0.29, 0.717) is 60.9 Å². The summed E-state index contributed by atoms with van der Waals surface area (Å²) in [7, 11) is 1.68. The Morgan fingerprint density at radius 1 is 0.960 bits per heavy atom. The third-order valence-electron chi connectivity index (χ3n) is 10.8. The molecule has 50 heavy (non-hydrogen) atoms. The number of carboxylic acids is 1. The van der Waals surface area contributed by atoms with Crippen molar-refractivity contribution in [1.82, 2.24) is 9.88 Å². The second kappa shape index (κ2) is 14.1. The van der Waals surface area contributed by atoms with E-state index in [9.17, 15) is 19.5 Å². The molecular weight excluding hydrogens is 630 g/mol. The summed E-state index contributed by atoms with van der Waals surface area (Å²) in [6.07, 6.45) is 10.7. The van der Waals surface area contributed by atoms with Crippen molar-refractivity contribution in [2.24, 2.45) is 0 Å². The maximum absolute atomic E-state index is 14.2. The van der Waals surface area contributed by atoms with Crippen LogP contribution in [0.15, 0.2) is 66.2 Å². The first-order valence-electron chi connectivity index (χ1n) is 18.0. The Hall–Kier alpha value is -5.05. The number of carbonyl (C=O) groups is 3. The summed E-state index contributed by atoms with van der Waals surface area (Å²) in [5, 5.41) is 16.7. The molecule has 2 amide bonds. The number of carboxylic acid groups (broad SMARTS) is 1. The summed E-state index contributed by atoms with van der Waals surface area (Å²) in [5.41, 5.74) is 5.61. The number of aromatic nitrogens is 1. The van der Waals surface area contributed by atoms with E-state index in [1.165, 1.54) is 30.5 Å². The molecule has 3 aromatic carbocycles. The Morgan fingerprint density at radius 2 is 1.68 bits per heavy atom. The largest absolute Gasteiger partial charge is 0.497 e. The van der Waals surface area contributed by atoms with Gasteiger partial charge in [0.1, 0.15) is 17.9 Å². The molecule has 0 spiro atoms. The molecule has 1 aliphatic heterocycles. The molecule has 2 fully saturated rings. The zero-order chi connectivity index (χ0) is 34.8. The van der Waals surface area contributed by atoms with E-state index >= 15 is 0 Å². The van der Waals surface area contributed by atoms with E-state index in [-0.39, 0.29) is 11.8 Å². The minimum atomic E-state index is -1.06. The Labute approximate surface area is 292 Å². The van der Waals surface area contributed by atoms with Crippen LogP contribution >= 0.6 is 0 Å². The quantitative estimate of drug-likeness (QED) is 0.146. The minimum absolute atomic E-state index is 0.258. The summed E-state index contributed by atoms with van der Waals surface area (Å²) in [4.78, 5) is 39.6. The molecular formula is C41H45N3O6. The van der Waals surface area contributed by atoms with Gasteiger partial charge in [-0.1, -0.05) is 57.2 Å². The molecule has 260 valence electrons. The number of nitrogens with zero attached hydrogens (tertiary/aromatic N) is 1. The minimum Gasteiger partial charge on any atom is -0.497 e. The van der Waals surface area contributed by atoms with Gasteiger partial charge in [0.15, 0.2) is 5.75 Å². The predicted molar refractivity (Wildman–Crippen MR) is 195 cm³/mol. The summed E-state index contributed by atoms with van der Waals surface area (Å²) >= 11 is 0. The Bertz CT molecular complexity index is 1940. The highest BCUT2D eigenvalue weighted by Gasteiger charge is 2.43. The summed E-state index contributed by atoms with van der Waals surface area (Å²) in [5.74, 6) is 0.292. The van der Waals surface area contributed by atoms with Crippen molar-refractivity contribution in [1.29, 1.82) is 0 Å². The molecule has 2 aliphatic carbocycles. The highest BCUT2D eigenvalue weighted by molar-refractivity contribution is 6.09. The molecule has 7 rings (SSSR count). The molecule has 0 radical (unpaired) electrons. The molecule has 9 nitrogen and oxygen atoms in total. The standard InChI is InChI=1S/C41H45N3O6/c1-3-27(39(46)47)25-26-11-15-30(16-12-26)42-40(48)41(21-7-8-22-41)43-38(45)33-20-19-32-34(28-9-5-4-6-10-28)35(29-13-17-31(49-2)18-14-29)44-23-24-50-37(33)36(32)44/h11-20,25,28H,3-10,21-24H2,1-2H3,(H,42,48)(H,43,45)(H,46,47)/b27-25+. The molecule has 0 atom stereocenters. The zero-order valence-corrected chi connectivity index (χ0v) is 28.8. The van der Waals surface area contributed by atoms with Gasteiger partial charge in [-0.05, 0) is 103 Å². The first kappa shape index (κ1) is 33.4. The van der Waals surface area contributed by atoms with Gasteiger partial charge in [-0.25, -0.2) is 4.79 Å². The Balaban J connectivity index is 1.21. The van der Waals surface area contributed by atoms with Crippen LogP contribution in [0.5, 0.6) is 11.5 Å². The van der Waals surface area contributed by atoms with Crippen molar-refractivity contribution in [2.75, 3.05) is 19.0 Å². The monoisotopic (exact) mass is 675 g/mol. The van der Waals surface area contributed by atoms with E-state index in [0.717, 1.165) is 53.5 Å². The van der Waals surface area contributed by atoms with E-state index in [4.69, 9.17) is 9.47 Å². The fourth-order valence-electron chi connectivity index (χ4n) is 8.20. The van der Waals surface area contributed by atoms with Gasteiger partial charge in [0, 0.05) is 16.6 Å². The maximum Gasteiger partial charge on any atom is 0.331 e. The van der Waals surface area contributed by atoms with Crippen molar-refractivity contribution < 1.29 is 29.0 Å². The molecule has 4 aromatic rings. The fourth-order valence-corrected chi connectivity index (χ4v) is 8.20. The van der Waals surface area contributed by atoms with Gasteiger partial charge in [-0.3, -0.25) is 9.59 Å². The first-order valence-corrected chi connectivity index (χ1v) is 18.0. The lowest BCUT2D eigenvalue weighted by atomic mass is 9.81. The number of ether oxygens (including phenoxy) is 2. The predicted octanol–water partition coefficient (Wildman–Crippen LogP) is 8.32. The van der Waals surface area contributed by atoms with Crippen molar-refractivity contribution in [3.8, 4) is 22.8 Å². The van der Waals surface area contributed by atoms with Gasteiger partial charge >= 0.3 is 5.97 Å². The second-order valence-corrected chi connectivity index (χ2v) is 13.8. The maximum atomic E-state index is 14.2. The third-order valence-corrected chi connectivity index (χ3v) is 10.8. The molecule has 0 bridgehead atoms. The summed E-state index contributed by atoms with van der Waals surface area (Å²) in [6, 6.07) is 19.3. The average Bonchev–Trinajstić information content (AvgIpc) is 3.76. The van der Waals surface area contributed by atoms with Crippen LogP contribution in [0.4, 0.5) is 5.69 Å². The lowest BCUT2D eigenvalue weighted by Crippen LogP contribution is -2.55. The van der Waals surface area contributed by atoms with Crippen molar-refractivity contribution in [3.05, 3.63) is 82.9 Å². The van der Waals surface area contributed by atoms with Crippen molar-refractivity contribution in [2.45, 2.75) is 89.1 Å². The number of methoxy groups -OCH3 is 1. The van der Waals surface area contributed by atoms with Crippen molar-refractivity contribution >= 4 is 40.4 Å². The Morgan fingerprint density at radius 3 is 2.34 bits per heavy atom. The average molecular weight is 676 g/mol. The van der Waals surface area contributed by atoms with Crippen LogP contribution in [-0.2, 0) is 16.1 Å². The number of hydrogen-bond acceptors (Lipinski definition) is 5. The number of carbonyl (C=O) groups excluding carboxylic acids is 2. The van der Waals surface area contributed by atoms with E-state index in [2.05, 4.69) is 33.4 Å². The Kier molecular flexibility index (Phi) is 9.40. The van der Waals surface area contributed by atoms with Gasteiger partial charge < -0.3 is 29.8 Å². The number of nitrogens with one attached hydrogen (secondary N) is 2. The van der Waals surface area contributed by atoms with E-state index < -0.39 is 11.5 Å². The highest BCUT2D eigenvalue weighted by Crippen LogP contribution is 2.48. The number of amides is 2. The lowest BCUT2D eigenvalue weighted by molar-refractivity contribution is -0.132. The highest BCUT2D eigenvalue weighted by atomic mass is 16.5. The zero-order valence-electron chi connectivity index (χ0n) is 28.8. The van der Waals surface area contributed by atoms with E-state index in [1.807, 2.05) is 18.2 Å². The van der Waals surface area contributed by atoms with Crippen LogP contribution in [-0.4, -0.2) is 46.7 Å². The number of benzene rings is 3. The summed E-state index contributed by atoms with van der Waals surface area (Å²) in [6.45, 7) is 2.92. The van der Waals surface area contributed by atoms with Gasteiger partial charge in [0.2, 0.25) is 5.91 Å². The van der Waals surface area contributed by atoms with Gasteiger partial charge in [0.25, 0.3) is 5.91 Å². The number of anilines is 1. The topological polar surface area (TPSA) is 119 Å². The van der Waals surface area contributed by atoms with E-state index in [1.54, 1.807) is 44.4 Å². The fraction of sp³-hybridized carbons (Fsp3) is 0.390. The van der Waals surface area contributed by atoms with Gasteiger partial charge in [-0.15, -0.1) is 0 Å². The van der Waals surface area contributed by atoms with Crippen LogP contribution in [0.1, 0.15) is 98.5 Å². The SMILES string of the molecule is CC/C(=C\c1ccc(NC(=O)C2(NC(=O)c3ccc4c(C5CCCCC5)c(-c5ccc(OC)cc5)n5c4c3OCC5)CCCC2)cc1)C(=O)O. The van der Waals surface area contributed by atoms with Crippen LogP contribution in [0, 0.1) is 0 Å². The summed E-state index contributed by atoms with van der Waals surface area (Å²) < 4.78 is 14.1. The first-order chi connectivity index (χ1) is 24.3. The molecule has 0 saturated heterocycles. The number of rotatable bonds is 10. The van der Waals surface area contributed by atoms with Gasteiger partial charge in [-0.2, -0.15) is 0 Å². The molecule has 2 heterocycles. The van der Waals surface area contributed by atoms with Gasteiger partial charge in [0.05, 0.1) is 30.4 Å². The van der Waals surface area contributed by atoms with Crippen LogP contribution in [0.2, 0.25) is 0 Å². The molecule has 3 N–H and O–H groups in total. The molecule has 3 aliphatic rings.